The minimum absolute atomic E-state index is 0.00181. The first-order valence-corrected chi connectivity index (χ1v) is 8.14. The van der Waals surface area contributed by atoms with Gasteiger partial charge < -0.3 is 4.57 Å². The molecule has 3 rings (SSSR count). The molecule has 0 atom stereocenters. The summed E-state index contributed by atoms with van der Waals surface area (Å²) in [5.41, 5.74) is -1.84. The van der Waals surface area contributed by atoms with Crippen LogP contribution in [0.2, 0.25) is 0 Å². The van der Waals surface area contributed by atoms with Gasteiger partial charge in [0, 0.05) is 0 Å². The predicted molar refractivity (Wildman–Crippen MR) is 96.1 cm³/mol. The highest BCUT2D eigenvalue weighted by Crippen LogP contribution is 2.33. The van der Waals surface area contributed by atoms with Crippen molar-refractivity contribution in [2.24, 2.45) is 0 Å². The summed E-state index contributed by atoms with van der Waals surface area (Å²) in [5, 5.41) is 18.1. The normalized spacial score (nSPS) is 10.9. The van der Waals surface area contributed by atoms with Crippen LogP contribution in [0.5, 0.6) is 0 Å². The smallest absolute Gasteiger partial charge is 0.303 e. The monoisotopic (exact) mass is 379 g/mol. The van der Waals surface area contributed by atoms with Crippen LogP contribution in [-0.4, -0.2) is 4.57 Å². The lowest BCUT2D eigenvalue weighted by molar-refractivity contribution is -0.137. The van der Waals surface area contributed by atoms with E-state index in [1.54, 1.807) is 30.3 Å². The van der Waals surface area contributed by atoms with E-state index in [9.17, 15) is 23.2 Å². The van der Waals surface area contributed by atoms with Crippen molar-refractivity contribution in [3.8, 4) is 23.4 Å². The van der Waals surface area contributed by atoms with Gasteiger partial charge in [-0.3, -0.25) is 4.79 Å². The van der Waals surface area contributed by atoms with Crippen molar-refractivity contribution in [3.05, 3.63) is 93.3 Å². The van der Waals surface area contributed by atoms with Crippen LogP contribution in [0.25, 0.3) is 11.3 Å². The maximum absolute atomic E-state index is 13.4. The minimum atomic E-state index is -4.85. The molecule has 0 radical (unpaired) electrons. The molecule has 0 N–H and O–H groups in total. The molecule has 1 heterocycles. The predicted octanol–water partition coefficient (Wildman–Crippen LogP) is 4.33. The largest absolute Gasteiger partial charge is 0.417 e. The number of hydrogen-bond acceptors (Lipinski definition) is 3. The average Bonchev–Trinajstić information content (AvgIpc) is 2.69. The Bertz CT molecular complexity index is 1150. The Kier molecular flexibility index (Phi) is 5.02. The summed E-state index contributed by atoms with van der Waals surface area (Å²) in [7, 11) is 0. The van der Waals surface area contributed by atoms with Gasteiger partial charge >= 0.3 is 6.18 Å². The summed E-state index contributed by atoms with van der Waals surface area (Å²) in [6.45, 7) is 0.00181. The second-order valence-corrected chi connectivity index (χ2v) is 5.99. The van der Waals surface area contributed by atoms with Crippen molar-refractivity contribution >= 4 is 0 Å². The Balaban J connectivity index is 2.30. The number of nitrogens with zero attached hydrogens (tertiary/aromatic N) is 3. The van der Waals surface area contributed by atoms with Crippen LogP contribution in [0.4, 0.5) is 13.2 Å². The zero-order valence-electron chi connectivity index (χ0n) is 14.4. The number of alkyl halides is 3. The molecule has 0 saturated heterocycles. The quantitative estimate of drug-likeness (QED) is 0.680. The van der Waals surface area contributed by atoms with Crippen molar-refractivity contribution in [1.29, 1.82) is 10.5 Å². The fourth-order valence-electron chi connectivity index (χ4n) is 2.86. The molecular formula is C21H12F3N3O. The number of halogens is 3. The number of benzene rings is 2. The SMILES string of the molecule is N#Cc1ccc(-c2cc(C(F)(F)F)c(C#N)c(=O)n2Cc2ccccc2)cc1. The third kappa shape index (κ3) is 3.65. The molecular weight excluding hydrogens is 367 g/mol. The van der Waals surface area contributed by atoms with Crippen molar-refractivity contribution in [1.82, 2.24) is 4.57 Å². The maximum atomic E-state index is 13.4. The molecule has 0 fully saturated rings. The number of pyridine rings is 1. The van der Waals surface area contributed by atoms with Crippen LogP contribution in [0.15, 0.2) is 65.5 Å². The first-order chi connectivity index (χ1) is 13.3. The van der Waals surface area contributed by atoms with E-state index in [4.69, 9.17) is 5.26 Å². The zero-order chi connectivity index (χ0) is 20.3. The van der Waals surface area contributed by atoms with E-state index in [0.29, 0.717) is 16.7 Å². The van der Waals surface area contributed by atoms with Gasteiger partial charge in [0.05, 0.1) is 29.4 Å². The van der Waals surface area contributed by atoms with E-state index in [1.165, 1.54) is 30.3 Å². The van der Waals surface area contributed by atoms with Gasteiger partial charge in [0.1, 0.15) is 11.6 Å². The summed E-state index contributed by atoms with van der Waals surface area (Å²) in [6.07, 6.45) is -4.85. The standard InChI is InChI=1S/C21H12F3N3O/c22-21(23,24)18-10-19(16-8-6-14(11-25)7-9-16)27(20(28)17(18)12-26)13-15-4-2-1-3-5-15/h1-10H,13H2. The highest BCUT2D eigenvalue weighted by Gasteiger charge is 2.36. The summed E-state index contributed by atoms with van der Waals surface area (Å²) < 4.78 is 41.5. The second-order valence-electron chi connectivity index (χ2n) is 5.99. The molecule has 0 aliphatic heterocycles. The number of rotatable bonds is 3. The van der Waals surface area contributed by atoms with Crippen LogP contribution < -0.4 is 5.56 Å². The second kappa shape index (κ2) is 7.42. The minimum Gasteiger partial charge on any atom is -0.303 e. The lowest BCUT2D eigenvalue weighted by atomic mass is 10.0. The number of nitriles is 2. The fourth-order valence-corrected chi connectivity index (χ4v) is 2.86. The van der Waals surface area contributed by atoms with Gasteiger partial charge in [-0.25, -0.2) is 0 Å². The molecule has 1 aromatic heterocycles. The molecule has 28 heavy (non-hydrogen) atoms. The first-order valence-electron chi connectivity index (χ1n) is 8.14. The Morgan fingerprint density at radius 2 is 1.57 bits per heavy atom. The van der Waals surface area contributed by atoms with Crippen LogP contribution >= 0.6 is 0 Å². The van der Waals surface area contributed by atoms with Crippen LogP contribution in [0.1, 0.15) is 22.3 Å². The van der Waals surface area contributed by atoms with Gasteiger partial charge in [-0.1, -0.05) is 42.5 Å². The van der Waals surface area contributed by atoms with Gasteiger partial charge in [-0.15, -0.1) is 0 Å². The van der Waals surface area contributed by atoms with E-state index in [0.717, 1.165) is 10.6 Å². The van der Waals surface area contributed by atoms with E-state index < -0.39 is 22.9 Å². The van der Waals surface area contributed by atoms with Gasteiger partial charge in [0.25, 0.3) is 5.56 Å². The van der Waals surface area contributed by atoms with Gasteiger partial charge in [0.2, 0.25) is 0 Å². The molecule has 0 spiro atoms. The molecule has 4 nitrogen and oxygen atoms in total. The van der Waals surface area contributed by atoms with Crippen LogP contribution in [0.3, 0.4) is 0 Å². The first kappa shape index (κ1) is 18.9. The zero-order valence-corrected chi connectivity index (χ0v) is 14.4. The molecule has 0 saturated carbocycles. The molecule has 3 aromatic rings. The molecule has 7 heteroatoms. The molecule has 0 bridgehead atoms. The van der Waals surface area contributed by atoms with Crippen molar-refractivity contribution in [2.45, 2.75) is 12.7 Å². The van der Waals surface area contributed by atoms with Crippen LogP contribution in [0, 0.1) is 22.7 Å². The van der Waals surface area contributed by atoms with Crippen molar-refractivity contribution in [2.75, 3.05) is 0 Å². The summed E-state index contributed by atoms with van der Waals surface area (Å²) in [5.74, 6) is 0. The number of aromatic nitrogens is 1. The van der Waals surface area contributed by atoms with Gasteiger partial charge in [-0.2, -0.15) is 23.7 Å². The van der Waals surface area contributed by atoms with E-state index in [2.05, 4.69) is 0 Å². The lowest BCUT2D eigenvalue weighted by Crippen LogP contribution is -2.28. The Morgan fingerprint density at radius 3 is 2.11 bits per heavy atom. The third-order valence-electron chi connectivity index (χ3n) is 4.21. The Labute approximate surface area is 158 Å². The highest BCUT2D eigenvalue weighted by molar-refractivity contribution is 5.63. The van der Waals surface area contributed by atoms with Crippen molar-refractivity contribution < 1.29 is 13.2 Å². The topological polar surface area (TPSA) is 69.6 Å². The average molecular weight is 379 g/mol. The Morgan fingerprint density at radius 1 is 0.929 bits per heavy atom. The molecule has 0 unspecified atom stereocenters. The van der Waals surface area contributed by atoms with E-state index >= 15 is 0 Å². The molecule has 0 aliphatic rings. The molecule has 0 aliphatic carbocycles. The van der Waals surface area contributed by atoms with E-state index in [-0.39, 0.29) is 12.2 Å². The van der Waals surface area contributed by atoms with Gasteiger partial charge in [0.15, 0.2) is 0 Å². The fraction of sp³-hybridized carbons (Fsp3) is 0.0952. The summed E-state index contributed by atoms with van der Waals surface area (Å²) in [4.78, 5) is 12.8. The highest BCUT2D eigenvalue weighted by atomic mass is 19.4. The van der Waals surface area contributed by atoms with Crippen LogP contribution in [-0.2, 0) is 12.7 Å². The molecule has 138 valence electrons. The van der Waals surface area contributed by atoms with Crippen molar-refractivity contribution in [3.63, 3.8) is 0 Å². The molecule has 2 aromatic carbocycles. The van der Waals surface area contributed by atoms with Gasteiger partial charge in [-0.05, 0) is 29.3 Å². The maximum Gasteiger partial charge on any atom is 0.417 e. The number of hydrogen-bond donors (Lipinski definition) is 0. The van der Waals surface area contributed by atoms with E-state index in [1.807, 2.05) is 6.07 Å². The molecule has 0 amide bonds. The summed E-state index contributed by atoms with van der Waals surface area (Å²) in [6, 6.07) is 18.7. The third-order valence-corrected chi connectivity index (χ3v) is 4.21. The Hall–Kier alpha value is -3.84. The lowest BCUT2D eigenvalue weighted by Gasteiger charge is -2.17. The summed E-state index contributed by atoms with van der Waals surface area (Å²) >= 11 is 0.